The fourth-order valence-electron chi connectivity index (χ4n) is 2.32. The van der Waals surface area contributed by atoms with E-state index in [9.17, 15) is 10.0 Å². The van der Waals surface area contributed by atoms with Crippen LogP contribution in [0.5, 0.6) is 0 Å². The molecule has 1 N–H and O–H groups in total. The third kappa shape index (κ3) is 2.83. The molecule has 2 aromatic heterocycles. The molecule has 0 atom stereocenters. The Kier molecular flexibility index (Phi) is 3.64. The summed E-state index contributed by atoms with van der Waals surface area (Å²) in [6.45, 7) is 2.07. The number of thiazole rings is 1. The van der Waals surface area contributed by atoms with Crippen LogP contribution in [0.15, 0.2) is 41.9 Å². The lowest BCUT2D eigenvalue weighted by molar-refractivity contribution is -1.01. The number of fused-ring (bicyclic) bond motifs is 1. The van der Waals surface area contributed by atoms with Crippen LogP contribution in [0.4, 0.5) is 0 Å². The number of carbonyl (C=O) groups excluding carboxylic acids is 1. The summed E-state index contributed by atoms with van der Waals surface area (Å²) in [4.78, 5) is 13.1. The Morgan fingerprint density at radius 2 is 1.91 bits per heavy atom. The molecule has 0 saturated heterocycles. The van der Waals surface area contributed by atoms with Crippen LogP contribution < -0.4 is 0 Å². The maximum absolute atomic E-state index is 12.0. The van der Waals surface area contributed by atoms with Crippen LogP contribution in [0.1, 0.15) is 11.3 Å². The first-order valence-electron chi connectivity index (χ1n) is 7.10. The molecule has 4 nitrogen and oxygen atoms in total. The molecule has 3 rings (SSSR count). The Balaban J connectivity index is 1.95. The molecule has 1 aromatic carbocycles. The molecule has 3 aromatic rings. The highest BCUT2D eigenvalue weighted by atomic mass is 32.1. The van der Waals surface area contributed by atoms with Gasteiger partial charge in [0.05, 0.1) is 4.83 Å². The van der Waals surface area contributed by atoms with Gasteiger partial charge in [0.1, 0.15) is 20.5 Å². The van der Waals surface area contributed by atoms with Crippen molar-refractivity contribution < 1.29 is 14.6 Å². The van der Waals surface area contributed by atoms with Gasteiger partial charge in [0.15, 0.2) is 0 Å². The minimum absolute atomic E-state index is 0.214. The van der Waals surface area contributed by atoms with Crippen LogP contribution >= 0.6 is 11.3 Å². The van der Waals surface area contributed by atoms with E-state index in [-0.39, 0.29) is 12.3 Å². The van der Waals surface area contributed by atoms with Gasteiger partial charge < -0.3 is 4.40 Å². The monoisotopic (exact) mass is 315 g/mol. The molecule has 114 valence electrons. The van der Waals surface area contributed by atoms with Gasteiger partial charge in [-0.2, -0.15) is 0 Å². The lowest BCUT2D eigenvalue weighted by atomic mass is 10.1. The predicted octanol–water partition coefficient (Wildman–Crippen LogP) is 3.51. The van der Waals surface area contributed by atoms with Gasteiger partial charge in [-0.05, 0) is 18.6 Å². The van der Waals surface area contributed by atoms with Crippen molar-refractivity contribution in [3.05, 3.63) is 53.2 Å². The average Bonchev–Trinajstić information content (AvgIpc) is 3.00. The topological polar surface area (TPSA) is 41.7 Å². The molecule has 0 aliphatic rings. The molecule has 22 heavy (non-hydrogen) atoms. The van der Waals surface area contributed by atoms with Crippen LogP contribution in [0.25, 0.3) is 16.0 Å². The molecule has 0 unspecified atom stereocenters. The number of aryl methyl sites for hydroxylation is 1. The van der Waals surface area contributed by atoms with Crippen LogP contribution in [-0.2, 0) is 11.2 Å². The van der Waals surface area contributed by atoms with Crippen molar-refractivity contribution in [3.8, 4) is 11.1 Å². The molecule has 0 fully saturated rings. The number of carbonyl (C=O) groups is 1. The number of hydrogen-bond donors (Lipinski definition) is 1. The summed E-state index contributed by atoms with van der Waals surface area (Å²) in [7, 11) is 2.94. The normalized spacial score (nSPS) is 12.0. The van der Waals surface area contributed by atoms with E-state index in [0.717, 1.165) is 21.7 Å². The molecule has 0 radical (unpaired) electrons. The Bertz CT molecular complexity index is 823. The quantitative estimate of drug-likeness (QED) is 0.456. The highest BCUT2D eigenvalue weighted by Gasteiger charge is 2.25. The highest BCUT2D eigenvalue weighted by Crippen LogP contribution is 2.27. The minimum atomic E-state index is -0.649. The molecule has 0 saturated carbocycles. The number of nitrogens with zero attached hydrogens (tertiary/aromatic N) is 2. The first-order chi connectivity index (χ1) is 10.3. The molecule has 1 amide bonds. The maximum atomic E-state index is 12.0. The standard InChI is InChI=1S/C17H19N2O2S/c1-12-4-6-13(7-5-12)14-8-16-18(10-14)15(11-22-16)9-17(20)19(2,3)21/h4-8,10-11,21H,9H2,1-3H3/q+1. The number of amides is 1. The van der Waals surface area contributed by atoms with Crippen molar-refractivity contribution in [3.63, 3.8) is 0 Å². The van der Waals surface area contributed by atoms with Crippen molar-refractivity contribution in [1.82, 2.24) is 4.40 Å². The molecule has 0 aliphatic carbocycles. The summed E-state index contributed by atoms with van der Waals surface area (Å²) in [5.41, 5.74) is 4.44. The molecule has 5 heteroatoms. The third-order valence-corrected chi connectivity index (χ3v) is 4.68. The van der Waals surface area contributed by atoms with Crippen molar-refractivity contribution in [2.75, 3.05) is 14.1 Å². The van der Waals surface area contributed by atoms with Crippen LogP contribution in [-0.4, -0.2) is 34.3 Å². The van der Waals surface area contributed by atoms with Gasteiger partial charge in [0, 0.05) is 22.8 Å². The van der Waals surface area contributed by atoms with Crippen molar-refractivity contribution in [2.45, 2.75) is 13.3 Å². The Hall–Kier alpha value is -1.95. The minimum Gasteiger partial charge on any atom is -0.310 e. The number of hydrogen-bond acceptors (Lipinski definition) is 3. The summed E-state index contributed by atoms with van der Waals surface area (Å²) in [6, 6.07) is 10.5. The van der Waals surface area contributed by atoms with E-state index < -0.39 is 4.65 Å². The number of quaternary nitrogens is 1. The summed E-state index contributed by atoms with van der Waals surface area (Å²) in [6.07, 6.45) is 2.27. The van der Waals surface area contributed by atoms with Crippen LogP contribution in [0.2, 0.25) is 0 Å². The fourth-order valence-corrected chi connectivity index (χ4v) is 3.25. The zero-order valence-electron chi connectivity index (χ0n) is 12.9. The lowest BCUT2D eigenvalue weighted by Gasteiger charge is -2.15. The van der Waals surface area contributed by atoms with E-state index in [0.29, 0.717) is 0 Å². The zero-order chi connectivity index (χ0) is 15.9. The van der Waals surface area contributed by atoms with Gasteiger partial charge >= 0.3 is 5.91 Å². The van der Waals surface area contributed by atoms with Crippen molar-refractivity contribution in [1.29, 1.82) is 0 Å². The number of aromatic nitrogens is 1. The second-order valence-corrected chi connectivity index (χ2v) is 6.88. The SMILES string of the molecule is Cc1ccc(-c2cc3scc(CC(=O)[N+](C)(C)O)n3c2)cc1. The van der Waals surface area contributed by atoms with E-state index in [2.05, 4.69) is 43.5 Å². The number of likely N-dealkylation sites (N-methyl/N-ethyl adjacent to an activating group) is 1. The van der Waals surface area contributed by atoms with Gasteiger partial charge in [-0.1, -0.05) is 29.8 Å². The fraction of sp³-hybridized carbons (Fsp3) is 0.235. The average molecular weight is 315 g/mol. The molecule has 0 aliphatic heterocycles. The van der Waals surface area contributed by atoms with E-state index in [1.165, 1.54) is 19.7 Å². The zero-order valence-corrected chi connectivity index (χ0v) is 13.7. The first kappa shape index (κ1) is 15.0. The van der Waals surface area contributed by atoms with Gasteiger partial charge in [0.25, 0.3) is 0 Å². The molecule has 0 spiro atoms. The van der Waals surface area contributed by atoms with Crippen molar-refractivity contribution >= 4 is 22.1 Å². The van der Waals surface area contributed by atoms with Crippen LogP contribution in [0.3, 0.4) is 0 Å². The van der Waals surface area contributed by atoms with Crippen molar-refractivity contribution in [2.24, 2.45) is 0 Å². The van der Waals surface area contributed by atoms with E-state index in [1.54, 1.807) is 11.3 Å². The summed E-state index contributed by atoms with van der Waals surface area (Å²) in [5, 5.41) is 11.7. The largest absolute Gasteiger partial charge is 0.351 e. The second kappa shape index (κ2) is 5.35. The van der Waals surface area contributed by atoms with Gasteiger partial charge in [0.2, 0.25) is 0 Å². The molecular weight excluding hydrogens is 296 g/mol. The number of hydroxylamine groups is 3. The van der Waals surface area contributed by atoms with E-state index >= 15 is 0 Å². The maximum Gasteiger partial charge on any atom is 0.351 e. The van der Waals surface area contributed by atoms with Gasteiger partial charge in [-0.3, -0.25) is 0 Å². The summed E-state index contributed by atoms with van der Waals surface area (Å²) >= 11 is 1.61. The van der Waals surface area contributed by atoms with Crippen LogP contribution in [0, 0.1) is 6.92 Å². The third-order valence-electron chi connectivity index (χ3n) is 3.74. The lowest BCUT2D eigenvalue weighted by Crippen LogP contribution is -2.43. The van der Waals surface area contributed by atoms with Gasteiger partial charge in [-0.15, -0.1) is 16.0 Å². The Morgan fingerprint density at radius 1 is 1.23 bits per heavy atom. The second-order valence-electron chi connectivity index (χ2n) is 6.00. The summed E-state index contributed by atoms with van der Waals surface area (Å²) < 4.78 is 1.39. The summed E-state index contributed by atoms with van der Waals surface area (Å²) in [5.74, 6) is -0.231. The van der Waals surface area contributed by atoms with Gasteiger partial charge in [-0.25, -0.2) is 10.0 Å². The first-order valence-corrected chi connectivity index (χ1v) is 7.98. The number of rotatable bonds is 3. The Morgan fingerprint density at radius 3 is 2.55 bits per heavy atom. The smallest absolute Gasteiger partial charge is 0.310 e. The Labute approximate surface area is 133 Å². The molecule has 2 heterocycles. The van der Waals surface area contributed by atoms with E-state index in [1.807, 2.05) is 9.78 Å². The molecular formula is C17H19N2O2S+. The predicted molar refractivity (Wildman–Crippen MR) is 88.1 cm³/mol. The van der Waals surface area contributed by atoms with E-state index in [4.69, 9.17) is 0 Å². The number of benzene rings is 1. The highest BCUT2D eigenvalue weighted by molar-refractivity contribution is 7.15. The molecule has 0 bridgehead atoms.